The lowest BCUT2D eigenvalue weighted by Gasteiger charge is -2.22. The molecule has 0 atom stereocenters. The Balaban J connectivity index is 1.42. The standard InChI is InChI=1S/C28H29N3O3S/c1-20-23(22-13-7-8-14-24(22)30(20)18-21-11-5-4-6-12-21)17-25-27(33)31(28(34)35-25)19-26(32)29-15-9-2-3-10-16-29/h4-8,11-14,17H,2-3,9-10,15-16,18-19H2,1H3. The smallest absolute Gasteiger partial charge is 0.294 e. The molecule has 2 aromatic carbocycles. The molecule has 0 N–H and O–H groups in total. The van der Waals surface area contributed by atoms with E-state index in [0.29, 0.717) is 24.5 Å². The molecule has 0 unspecified atom stereocenters. The number of nitrogens with zero attached hydrogens (tertiary/aromatic N) is 3. The van der Waals surface area contributed by atoms with Crippen molar-refractivity contribution in [1.29, 1.82) is 0 Å². The zero-order valence-electron chi connectivity index (χ0n) is 19.9. The van der Waals surface area contributed by atoms with Gasteiger partial charge in [0.15, 0.2) is 0 Å². The summed E-state index contributed by atoms with van der Waals surface area (Å²) in [7, 11) is 0. The molecule has 0 bridgehead atoms. The van der Waals surface area contributed by atoms with Crippen molar-refractivity contribution in [2.75, 3.05) is 19.6 Å². The van der Waals surface area contributed by atoms with Crippen LogP contribution in [0.15, 0.2) is 59.5 Å². The molecule has 0 aliphatic carbocycles. The number of rotatable bonds is 5. The van der Waals surface area contributed by atoms with E-state index in [1.54, 1.807) is 4.90 Å². The van der Waals surface area contributed by atoms with Gasteiger partial charge in [-0.1, -0.05) is 61.4 Å². The van der Waals surface area contributed by atoms with E-state index in [4.69, 9.17) is 0 Å². The van der Waals surface area contributed by atoms with Crippen LogP contribution in [-0.2, 0) is 16.1 Å². The van der Waals surface area contributed by atoms with E-state index in [1.165, 1.54) is 5.56 Å². The summed E-state index contributed by atoms with van der Waals surface area (Å²) in [5.41, 5.74) is 4.23. The van der Waals surface area contributed by atoms with Gasteiger partial charge in [0, 0.05) is 41.8 Å². The summed E-state index contributed by atoms with van der Waals surface area (Å²) in [5.74, 6) is -0.534. The van der Waals surface area contributed by atoms with Crippen molar-refractivity contribution in [3.05, 3.63) is 76.3 Å². The monoisotopic (exact) mass is 487 g/mol. The number of fused-ring (bicyclic) bond motifs is 1. The van der Waals surface area contributed by atoms with E-state index in [9.17, 15) is 14.4 Å². The molecule has 180 valence electrons. The summed E-state index contributed by atoms with van der Waals surface area (Å²) in [6, 6.07) is 18.4. The molecule has 3 heterocycles. The normalized spacial score (nSPS) is 18.0. The number of carbonyl (C=O) groups excluding carboxylic acids is 3. The van der Waals surface area contributed by atoms with Crippen LogP contribution in [0.4, 0.5) is 4.79 Å². The van der Waals surface area contributed by atoms with Crippen LogP contribution in [0.3, 0.4) is 0 Å². The second kappa shape index (κ2) is 10.1. The van der Waals surface area contributed by atoms with Crippen LogP contribution in [0.2, 0.25) is 0 Å². The summed E-state index contributed by atoms with van der Waals surface area (Å²) in [6.07, 6.45) is 6.00. The second-order valence-corrected chi connectivity index (χ2v) is 10.1. The number of aromatic nitrogens is 1. The number of hydrogen-bond acceptors (Lipinski definition) is 4. The number of amides is 3. The average molecular weight is 488 g/mol. The minimum absolute atomic E-state index is 0.147. The zero-order chi connectivity index (χ0) is 24.4. The Labute approximate surface area is 209 Å². The number of carbonyl (C=O) groups is 3. The van der Waals surface area contributed by atoms with Crippen molar-refractivity contribution in [3.63, 3.8) is 0 Å². The largest absolute Gasteiger partial charge is 0.341 e. The van der Waals surface area contributed by atoms with Gasteiger partial charge in [-0.05, 0) is 49.2 Å². The van der Waals surface area contributed by atoms with Crippen LogP contribution in [0.1, 0.15) is 42.5 Å². The number of benzene rings is 2. The minimum Gasteiger partial charge on any atom is -0.341 e. The quantitative estimate of drug-likeness (QED) is 0.450. The number of para-hydroxylation sites is 1. The summed E-state index contributed by atoms with van der Waals surface area (Å²) in [4.78, 5) is 42.0. The molecule has 2 aliphatic rings. The fourth-order valence-electron chi connectivity index (χ4n) is 4.93. The first-order valence-corrected chi connectivity index (χ1v) is 13.0. The fraction of sp³-hybridized carbons (Fsp3) is 0.321. The Kier molecular flexibility index (Phi) is 6.77. The maximum atomic E-state index is 13.2. The third-order valence-corrected chi connectivity index (χ3v) is 7.77. The van der Waals surface area contributed by atoms with Crippen molar-refractivity contribution in [1.82, 2.24) is 14.4 Å². The molecule has 3 amide bonds. The van der Waals surface area contributed by atoms with Crippen LogP contribution in [-0.4, -0.2) is 51.1 Å². The zero-order valence-corrected chi connectivity index (χ0v) is 20.7. The molecule has 0 spiro atoms. The highest BCUT2D eigenvalue weighted by molar-refractivity contribution is 8.18. The van der Waals surface area contributed by atoms with Crippen molar-refractivity contribution in [2.45, 2.75) is 39.2 Å². The first kappa shape index (κ1) is 23.4. The minimum atomic E-state index is -0.387. The first-order chi connectivity index (χ1) is 17.0. The third kappa shape index (κ3) is 4.78. The van der Waals surface area contributed by atoms with Crippen LogP contribution in [0, 0.1) is 6.92 Å². The Morgan fingerprint density at radius 1 is 0.943 bits per heavy atom. The molecular formula is C28H29N3O3S. The number of thioether (sulfide) groups is 1. The Hall–Kier alpha value is -3.32. The summed E-state index contributed by atoms with van der Waals surface area (Å²) >= 11 is 0.918. The van der Waals surface area contributed by atoms with Gasteiger partial charge in [-0.2, -0.15) is 0 Å². The summed E-state index contributed by atoms with van der Waals surface area (Å²) < 4.78 is 2.24. The molecule has 5 rings (SSSR count). The molecule has 2 fully saturated rings. The van der Waals surface area contributed by atoms with Crippen molar-refractivity contribution in [3.8, 4) is 0 Å². The maximum absolute atomic E-state index is 13.2. The van der Waals surface area contributed by atoms with Crippen molar-refractivity contribution < 1.29 is 14.4 Å². The molecule has 6 nitrogen and oxygen atoms in total. The molecular weight excluding hydrogens is 458 g/mol. The van der Waals surface area contributed by atoms with E-state index in [1.807, 2.05) is 49.4 Å². The lowest BCUT2D eigenvalue weighted by atomic mass is 10.1. The van der Waals surface area contributed by atoms with Gasteiger partial charge in [0.1, 0.15) is 6.54 Å². The topological polar surface area (TPSA) is 62.6 Å². The van der Waals surface area contributed by atoms with Gasteiger partial charge >= 0.3 is 0 Å². The molecule has 3 aromatic rings. The highest BCUT2D eigenvalue weighted by atomic mass is 32.2. The van der Waals surface area contributed by atoms with Gasteiger partial charge in [-0.25, -0.2) is 0 Å². The Bertz CT molecular complexity index is 1300. The van der Waals surface area contributed by atoms with Crippen LogP contribution in [0.25, 0.3) is 17.0 Å². The van der Waals surface area contributed by atoms with Gasteiger partial charge in [0.05, 0.1) is 4.91 Å². The Morgan fingerprint density at radius 3 is 2.37 bits per heavy atom. The van der Waals surface area contributed by atoms with Gasteiger partial charge in [-0.15, -0.1) is 0 Å². The van der Waals surface area contributed by atoms with Gasteiger partial charge in [0.25, 0.3) is 11.1 Å². The molecule has 2 saturated heterocycles. The molecule has 2 aliphatic heterocycles. The van der Waals surface area contributed by atoms with Crippen molar-refractivity contribution in [2.24, 2.45) is 0 Å². The van der Waals surface area contributed by atoms with Gasteiger partial charge < -0.3 is 9.47 Å². The second-order valence-electron chi connectivity index (χ2n) is 9.15. The van der Waals surface area contributed by atoms with E-state index in [0.717, 1.165) is 64.5 Å². The summed E-state index contributed by atoms with van der Waals surface area (Å²) in [5, 5.41) is 0.656. The van der Waals surface area contributed by atoms with Gasteiger partial charge in [0.2, 0.25) is 5.91 Å². The molecule has 0 radical (unpaired) electrons. The van der Waals surface area contributed by atoms with E-state index >= 15 is 0 Å². The number of hydrogen-bond donors (Lipinski definition) is 0. The highest BCUT2D eigenvalue weighted by Crippen LogP contribution is 2.36. The van der Waals surface area contributed by atoms with E-state index < -0.39 is 0 Å². The highest BCUT2D eigenvalue weighted by Gasteiger charge is 2.37. The number of imide groups is 1. The lowest BCUT2D eigenvalue weighted by molar-refractivity contribution is -0.135. The SMILES string of the molecule is Cc1c(C=C2SC(=O)N(CC(=O)N3CCCCCC3)C2=O)c2ccccc2n1Cc1ccccc1. The summed E-state index contributed by atoms with van der Waals surface area (Å²) in [6.45, 7) is 3.97. The maximum Gasteiger partial charge on any atom is 0.294 e. The number of likely N-dealkylation sites (tertiary alicyclic amines) is 1. The molecule has 1 aromatic heterocycles. The fourth-order valence-corrected chi connectivity index (χ4v) is 5.75. The molecule has 0 saturated carbocycles. The first-order valence-electron chi connectivity index (χ1n) is 12.2. The van der Waals surface area contributed by atoms with Gasteiger partial charge in [-0.3, -0.25) is 19.3 Å². The predicted molar refractivity (Wildman–Crippen MR) is 140 cm³/mol. The van der Waals surface area contributed by atoms with E-state index in [2.05, 4.69) is 22.8 Å². The average Bonchev–Trinajstić information content (AvgIpc) is 3.14. The van der Waals surface area contributed by atoms with Crippen molar-refractivity contribution >= 4 is 45.8 Å². The Morgan fingerprint density at radius 2 is 1.63 bits per heavy atom. The molecule has 7 heteroatoms. The predicted octanol–water partition coefficient (Wildman–Crippen LogP) is 5.44. The van der Waals surface area contributed by atoms with Crippen LogP contribution < -0.4 is 0 Å². The third-order valence-electron chi connectivity index (χ3n) is 6.86. The van der Waals surface area contributed by atoms with E-state index in [-0.39, 0.29) is 23.6 Å². The van der Waals surface area contributed by atoms with Crippen LogP contribution >= 0.6 is 11.8 Å². The van der Waals surface area contributed by atoms with Crippen LogP contribution in [0.5, 0.6) is 0 Å². The molecule has 35 heavy (non-hydrogen) atoms. The lowest BCUT2D eigenvalue weighted by Crippen LogP contribution is -2.42.